The SMILES string of the molecule is COc1cccc(OC)c1C(=O)Nc1cccc(-c2nc3ccccc3n2C(=O)c2c(OC)cccc2OC)c1. The fourth-order valence-corrected chi connectivity index (χ4v) is 4.60. The molecule has 1 amide bonds. The maximum Gasteiger partial charge on any atom is 0.271 e. The summed E-state index contributed by atoms with van der Waals surface area (Å²) in [5, 5.41) is 2.91. The largest absolute Gasteiger partial charge is 0.496 e. The van der Waals surface area contributed by atoms with Gasteiger partial charge in [0, 0.05) is 11.3 Å². The highest BCUT2D eigenvalue weighted by molar-refractivity contribution is 6.09. The van der Waals surface area contributed by atoms with Crippen molar-refractivity contribution in [3.63, 3.8) is 0 Å². The summed E-state index contributed by atoms with van der Waals surface area (Å²) in [6, 6.07) is 24.8. The minimum atomic E-state index is -0.408. The van der Waals surface area contributed by atoms with Crippen molar-refractivity contribution in [1.82, 2.24) is 9.55 Å². The molecule has 5 aromatic rings. The first-order valence-electron chi connectivity index (χ1n) is 12.4. The van der Waals surface area contributed by atoms with E-state index in [9.17, 15) is 9.59 Å². The van der Waals surface area contributed by atoms with Crippen LogP contribution in [0.1, 0.15) is 20.7 Å². The number of hydrogen-bond donors (Lipinski definition) is 1. The zero-order valence-electron chi connectivity index (χ0n) is 22.4. The second-order valence-electron chi connectivity index (χ2n) is 8.67. The van der Waals surface area contributed by atoms with Crippen LogP contribution in [-0.2, 0) is 0 Å². The number of ether oxygens (including phenoxy) is 4. The lowest BCUT2D eigenvalue weighted by atomic mass is 10.1. The number of fused-ring (bicyclic) bond motifs is 1. The van der Waals surface area contributed by atoms with Gasteiger partial charge in [-0.25, -0.2) is 4.98 Å². The number of hydrogen-bond acceptors (Lipinski definition) is 7. The minimum Gasteiger partial charge on any atom is -0.496 e. The number of anilines is 1. The van der Waals surface area contributed by atoms with Crippen LogP contribution in [-0.4, -0.2) is 49.8 Å². The van der Waals surface area contributed by atoms with Gasteiger partial charge in [0.05, 0.1) is 39.5 Å². The Bertz CT molecular complexity index is 1680. The Morgan fingerprint density at radius 3 is 1.82 bits per heavy atom. The fourth-order valence-electron chi connectivity index (χ4n) is 4.60. The molecule has 0 radical (unpaired) electrons. The molecule has 202 valence electrons. The Kier molecular flexibility index (Phi) is 7.37. The number of rotatable bonds is 8. The van der Waals surface area contributed by atoms with E-state index in [2.05, 4.69) is 5.32 Å². The molecule has 0 aliphatic heterocycles. The molecular weight excluding hydrogens is 510 g/mol. The molecule has 9 heteroatoms. The van der Waals surface area contributed by atoms with E-state index in [1.807, 2.05) is 30.3 Å². The van der Waals surface area contributed by atoms with Crippen molar-refractivity contribution in [1.29, 1.82) is 0 Å². The van der Waals surface area contributed by atoms with Crippen LogP contribution in [0.2, 0.25) is 0 Å². The molecule has 9 nitrogen and oxygen atoms in total. The van der Waals surface area contributed by atoms with Gasteiger partial charge in [-0.05, 0) is 48.5 Å². The van der Waals surface area contributed by atoms with Gasteiger partial charge >= 0.3 is 0 Å². The van der Waals surface area contributed by atoms with Crippen LogP contribution in [0.4, 0.5) is 5.69 Å². The number of methoxy groups -OCH3 is 4. The number of carbonyl (C=O) groups is 2. The zero-order valence-corrected chi connectivity index (χ0v) is 22.4. The number of aromatic nitrogens is 2. The molecule has 0 bridgehead atoms. The third-order valence-corrected chi connectivity index (χ3v) is 6.44. The highest BCUT2D eigenvalue weighted by atomic mass is 16.5. The third-order valence-electron chi connectivity index (χ3n) is 6.44. The molecule has 0 spiro atoms. The predicted octanol–water partition coefficient (Wildman–Crippen LogP) is 5.68. The van der Waals surface area contributed by atoms with Crippen molar-refractivity contribution in [2.24, 2.45) is 0 Å². The highest BCUT2D eigenvalue weighted by Gasteiger charge is 2.26. The predicted molar refractivity (Wildman–Crippen MR) is 152 cm³/mol. The summed E-state index contributed by atoms with van der Waals surface area (Å²) in [5.74, 6) is 1.13. The summed E-state index contributed by atoms with van der Waals surface area (Å²) in [5.41, 5.74) is 2.89. The quantitative estimate of drug-likeness (QED) is 0.272. The molecule has 0 atom stereocenters. The minimum absolute atomic E-state index is 0.267. The van der Waals surface area contributed by atoms with Gasteiger partial charge in [0.2, 0.25) is 0 Å². The first-order valence-corrected chi connectivity index (χ1v) is 12.4. The van der Waals surface area contributed by atoms with Crippen molar-refractivity contribution in [3.8, 4) is 34.4 Å². The molecule has 1 heterocycles. The molecule has 0 fully saturated rings. The molecule has 0 saturated heterocycles. The van der Waals surface area contributed by atoms with Gasteiger partial charge in [0.15, 0.2) is 0 Å². The van der Waals surface area contributed by atoms with Crippen molar-refractivity contribution in [3.05, 3.63) is 96.1 Å². The van der Waals surface area contributed by atoms with Crippen molar-refractivity contribution in [2.45, 2.75) is 0 Å². The summed E-state index contributed by atoms with van der Waals surface area (Å²) >= 11 is 0. The van der Waals surface area contributed by atoms with Crippen LogP contribution < -0.4 is 24.3 Å². The molecule has 0 saturated carbocycles. The molecule has 5 rings (SSSR count). The molecule has 4 aromatic carbocycles. The van der Waals surface area contributed by atoms with E-state index >= 15 is 0 Å². The van der Waals surface area contributed by atoms with Gasteiger partial charge in [0.25, 0.3) is 11.8 Å². The Morgan fingerprint density at radius 1 is 0.675 bits per heavy atom. The van der Waals surface area contributed by atoms with E-state index in [4.69, 9.17) is 23.9 Å². The van der Waals surface area contributed by atoms with Gasteiger partial charge in [-0.1, -0.05) is 36.4 Å². The molecular formula is C31H27N3O6. The summed E-state index contributed by atoms with van der Waals surface area (Å²) < 4.78 is 23.3. The van der Waals surface area contributed by atoms with E-state index in [1.54, 1.807) is 54.6 Å². The topological polar surface area (TPSA) is 101 Å². The van der Waals surface area contributed by atoms with Crippen LogP contribution in [0.15, 0.2) is 84.9 Å². The number of imidazole rings is 1. The van der Waals surface area contributed by atoms with E-state index < -0.39 is 5.91 Å². The molecule has 0 aliphatic carbocycles. The lowest BCUT2D eigenvalue weighted by molar-refractivity contribution is 0.0958. The number of amides is 1. The number of benzene rings is 4. The fraction of sp³-hybridized carbons (Fsp3) is 0.129. The van der Waals surface area contributed by atoms with E-state index in [-0.39, 0.29) is 17.0 Å². The van der Waals surface area contributed by atoms with E-state index in [0.717, 1.165) is 0 Å². The zero-order chi connectivity index (χ0) is 28.2. The van der Waals surface area contributed by atoms with E-state index in [0.29, 0.717) is 51.1 Å². The van der Waals surface area contributed by atoms with Crippen molar-refractivity contribution >= 4 is 28.5 Å². The van der Waals surface area contributed by atoms with Crippen LogP contribution in [0.25, 0.3) is 22.4 Å². The maximum atomic E-state index is 14.1. The van der Waals surface area contributed by atoms with E-state index in [1.165, 1.54) is 33.0 Å². The lowest BCUT2D eigenvalue weighted by Gasteiger charge is -2.15. The second kappa shape index (κ2) is 11.2. The number of para-hydroxylation sites is 2. The van der Waals surface area contributed by atoms with Gasteiger partial charge in [-0.15, -0.1) is 0 Å². The molecule has 0 unspecified atom stereocenters. The van der Waals surface area contributed by atoms with Crippen LogP contribution >= 0.6 is 0 Å². The summed E-state index contributed by atoms with van der Waals surface area (Å²) in [7, 11) is 5.98. The average molecular weight is 538 g/mol. The monoisotopic (exact) mass is 537 g/mol. The Morgan fingerprint density at radius 2 is 1.23 bits per heavy atom. The van der Waals surface area contributed by atoms with Crippen LogP contribution in [0.3, 0.4) is 0 Å². The van der Waals surface area contributed by atoms with Crippen LogP contribution in [0.5, 0.6) is 23.0 Å². The highest BCUT2D eigenvalue weighted by Crippen LogP contribution is 2.34. The first-order chi connectivity index (χ1) is 19.5. The number of nitrogens with one attached hydrogen (secondary N) is 1. The Labute approximate surface area is 230 Å². The van der Waals surface area contributed by atoms with Crippen molar-refractivity contribution < 1.29 is 28.5 Å². The summed E-state index contributed by atoms with van der Waals surface area (Å²) in [6.45, 7) is 0. The van der Waals surface area contributed by atoms with Crippen LogP contribution in [0, 0.1) is 0 Å². The average Bonchev–Trinajstić information content (AvgIpc) is 3.39. The Balaban J connectivity index is 1.60. The summed E-state index contributed by atoms with van der Waals surface area (Å²) in [4.78, 5) is 32.2. The molecule has 40 heavy (non-hydrogen) atoms. The van der Waals surface area contributed by atoms with Gasteiger partial charge < -0.3 is 24.3 Å². The van der Waals surface area contributed by atoms with Gasteiger partial charge in [-0.2, -0.15) is 0 Å². The number of nitrogens with zero attached hydrogens (tertiary/aromatic N) is 2. The smallest absolute Gasteiger partial charge is 0.271 e. The van der Waals surface area contributed by atoms with Crippen molar-refractivity contribution in [2.75, 3.05) is 33.8 Å². The third kappa shape index (κ3) is 4.69. The second-order valence-corrected chi connectivity index (χ2v) is 8.67. The molecule has 1 N–H and O–H groups in total. The normalized spacial score (nSPS) is 10.7. The van der Waals surface area contributed by atoms with Gasteiger partial charge in [-0.3, -0.25) is 14.2 Å². The first kappa shape index (κ1) is 26.3. The summed E-state index contributed by atoms with van der Waals surface area (Å²) in [6.07, 6.45) is 0. The molecule has 1 aromatic heterocycles. The van der Waals surface area contributed by atoms with Gasteiger partial charge in [0.1, 0.15) is 39.9 Å². The lowest BCUT2D eigenvalue weighted by Crippen LogP contribution is -2.16. The molecule has 0 aliphatic rings. The maximum absolute atomic E-state index is 14.1. The Hall–Kier alpha value is -5.31. The standard InChI is InChI=1S/C31H27N3O6/c1-37-23-14-8-15-24(38-2)27(23)30(35)32-20-11-7-10-19(18-20)29-33-21-12-5-6-13-22(21)34(29)31(36)28-25(39-3)16-9-17-26(28)40-4/h5-18H,1-4H3,(H,32,35). The number of carbonyl (C=O) groups excluding carboxylic acids is 2.